The molecule has 3 fully saturated rings. The number of hydrogen-bond donors (Lipinski definition) is 1. The van der Waals surface area contributed by atoms with Crippen molar-refractivity contribution in [2.24, 2.45) is 11.1 Å². The van der Waals surface area contributed by atoms with Crippen LogP contribution in [-0.4, -0.2) is 72.1 Å². The predicted octanol–water partition coefficient (Wildman–Crippen LogP) is 4.93. The van der Waals surface area contributed by atoms with E-state index in [-0.39, 0.29) is 17.1 Å². The van der Waals surface area contributed by atoms with E-state index in [2.05, 4.69) is 19.8 Å². The second-order valence-corrected chi connectivity index (χ2v) is 12.0. The first kappa shape index (κ1) is 30.0. The fourth-order valence-electron chi connectivity index (χ4n) is 6.39. The molecule has 2 aliphatic heterocycles. The Labute approximate surface area is 264 Å². The van der Waals surface area contributed by atoms with E-state index in [9.17, 15) is 14.0 Å². The molecule has 3 aliphatic rings. The Morgan fingerprint density at radius 2 is 1.63 bits per heavy atom. The summed E-state index contributed by atoms with van der Waals surface area (Å²) in [6.07, 6.45) is 6.10. The number of carbonyl (C=O) groups excluding carboxylic acids is 2. The van der Waals surface area contributed by atoms with Crippen molar-refractivity contribution in [1.29, 1.82) is 0 Å². The lowest BCUT2D eigenvalue weighted by atomic mass is 10.0. The van der Waals surface area contributed by atoms with Crippen molar-refractivity contribution in [3.05, 3.63) is 78.6 Å². The summed E-state index contributed by atoms with van der Waals surface area (Å²) in [4.78, 5) is 40.9. The number of benzene rings is 2. The van der Waals surface area contributed by atoms with Gasteiger partial charge in [-0.15, -0.1) is 0 Å². The number of carbonyl (C=O) groups is 2. The van der Waals surface area contributed by atoms with E-state index >= 15 is 4.39 Å². The highest BCUT2D eigenvalue weighted by Crippen LogP contribution is 2.49. The molecule has 2 amide bonds. The molecule has 2 aromatic carbocycles. The number of ether oxygens (including phenoxy) is 2. The van der Waals surface area contributed by atoms with E-state index in [0.29, 0.717) is 35.7 Å². The molecule has 1 saturated carbocycles. The van der Waals surface area contributed by atoms with Crippen LogP contribution in [-0.2, 0) is 14.3 Å². The normalized spacial score (nSPS) is 18.3. The average Bonchev–Trinajstić information content (AvgIpc) is 3.90. The van der Waals surface area contributed by atoms with Gasteiger partial charge in [-0.25, -0.2) is 13.8 Å². The molecule has 1 aliphatic carbocycles. The number of piperidine rings is 1. The van der Waals surface area contributed by atoms with Crippen molar-refractivity contribution in [2.45, 2.75) is 31.7 Å². The molecule has 10 nitrogen and oxygen atoms in total. The Hall–Kier alpha value is -4.68. The SMILES string of the molecule is NC(=O)C1(C(=O)N(c2ccc(F)cc2)c2ccc(Oc3ccnc4cc(N5CCC(N6CCOCC6)CC5)cnc34)c(F)c2)CC1. The zero-order chi connectivity index (χ0) is 31.8. The number of pyridine rings is 2. The summed E-state index contributed by atoms with van der Waals surface area (Å²) >= 11 is 0. The monoisotopic (exact) mass is 628 g/mol. The molecule has 0 radical (unpaired) electrons. The van der Waals surface area contributed by atoms with Gasteiger partial charge in [0.15, 0.2) is 17.3 Å². The summed E-state index contributed by atoms with van der Waals surface area (Å²) in [5, 5.41) is 0. The number of rotatable bonds is 8. The summed E-state index contributed by atoms with van der Waals surface area (Å²) in [6, 6.07) is 13.4. The van der Waals surface area contributed by atoms with Crippen molar-refractivity contribution in [3.8, 4) is 11.5 Å². The first-order valence-electron chi connectivity index (χ1n) is 15.5. The van der Waals surface area contributed by atoms with Crippen LogP contribution in [0.1, 0.15) is 25.7 Å². The first-order chi connectivity index (χ1) is 22.3. The third kappa shape index (κ3) is 5.74. The second-order valence-electron chi connectivity index (χ2n) is 12.0. The van der Waals surface area contributed by atoms with Crippen LogP contribution in [0.15, 0.2) is 67.0 Å². The van der Waals surface area contributed by atoms with E-state index < -0.39 is 28.9 Å². The van der Waals surface area contributed by atoms with Gasteiger partial charge in [-0.2, -0.15) is 0 Å². The van der Waals surface area contributed by atoms with Crippen LogP contribution in [0.4, 0.5) is 25.8 Å². The summed E-state index contributed by atoms with van der Waals surface area (Å²) < 4.78 is 40.8. The number of morpholine rings is 1. The average molecular weight is 629 g/mol. The Bertz CT molecular complexity index is 1770. The first-order valence-corrected chi connectivity index (χ1v) is 15.5. The number of nitrogens with zero attached hydrogens (tertiary/aromatic N) is 5. The van der Waals surface area contributed by atoms with Gasteiger partial charge in [0.25, 0.3) is 0 Å². The Morgan fingerprint density at radius 1 is 0.913 bits per heavy atom. The number of primary amides is 1. The summed E-state index contributed by atoms with van der Waals surface area (Å²) in [7, 11) is 0. The molecule has 0 unspecified atom stereocenters. The van der Waals surface area contributed by atoms with Gasteiger partial charge in [-0.3, -0.25) is 24.4 Å². The maximum Gasteiger partial charge on any atom is 0.247 e. The number of amides is 2. The molecular weight excluding hydrogens is 594 g/mol. The highest BCUT2D eigenvalue weighted by atomic mass is 19.1. The lowest BCUT2D eigenvalue weighted by Gasteiger charge is -2.40. The Morgan fingerprint density at radius 3 is 2.30 bits per heavy atom. The molecule has 0 spiro atoms. The molecule has 2 aromatic heterocycles. The van der Waals surface area contributed by atoms with Gasteiger partial charge in [0.1, 0.15) is 16.7 Å². The van der Waals surface area contributed by atoms with Crippen molar-refractivity contribution in [1.82, 2.24) is 14.9 Å². The van der Waals surface area contributed by atoms with Gasteiger partial charge < -0.3 is 20.1 Å². The number of nitrogens with two attached hydrogens (primary N) is 1. The largest absolute Gasteiger partial charge is 0.452 e. The van der Waals surface area contributed by atoms with Gasteiger partial charge in [-0.05, 0) is 68.1 Å². The van der Waals surface area contributed by atoms with E-state index in [0.717, 1.165) is 64.0 Å². The van der Waals surface area contributed by atoms with Crippen LogP contribution in [0.2, 0.25) is 0 Å². The fraction of sp³-hybridized carbons (Fsp3) is 0.353. The predicted molar refractivity (Wildman–Crippen MR) is 168 cm³/mol. The number of aromatic nitrogens is 2. The highest BCUT2D eigenvalue weighted by molar-refractivity contribution is 6.16. The smallest absolute Gasteiger partial charge is 0.247 e. The molecule has 4 aromatic rings. The minimum Gasteiger partial charge on any atom is -0.452 e. The minimum atomic E-state index is -1.38. The van der Waals surface area contributed by atoms with Crippen LogP contribution in [0.25, 0.3) is 11.0 Å². The topological polar surface area (TPSA) is 114 Å². The molecular formula is C34H34F2N6O4. The molecule has 4 heterocycles. The summed E-state index contributed by atoms with van der Waals surface area (Å²) in [5.74, 6) is -2.35. The van der Waals surface area contributed by atoms with Crippen LogP contribution in [0.5, 0.6) is 11.5 Å². The van der Waals surface area contributed by atoms with Crippen LogP contribution < -0.4 is 20.3 Å². The molecule has 2 N–H and O–H groups in total. The Balaban J connectivity index is 1.10. The highest BCUT2D eigenvalue weighted by Gasteiger charge is 2.57. The molecule has 7 rings (SSSR count). The second kappa shape index (κ2) is 12.3. The van der Waals surface area contributed by atoms with Crippen LogP contribution >= 0.6 is 0 Å². The standard InChI is InChI=1S/C34H34F2N6O4/c35-22-1-3-24(4-2-22)42(33(44)34(10-11-34)32(37)43)25-5-6-29(27(36)19-25)46-30-7-12-38-28-20-26(21-39-31(28)30)40-13-8-23(9-14-40)41-15-17-45-18-16-41/h1-7,12,19-21,23H,8-11,13-18H2,(H2,37,43). The van der Waals surface area contributed by atoms with Crippen LogP contribution in [0, 0.1) is 17.0 Å². The van der Waals surface area contributed by atoms with E-state index in [4.69, 9.17) is 15.2 Å². The summed E-state index contributed by atoms with van der Waals surface area (Å²) in [5.41, 5.74) is 6.69. The van der Waals surface area contributed by atoms with Gasteiger partial charge in [0.2, 0.25) is 11.8 Å². The fourth-order valence-corrected chi connectivity index (χ4v) is 6.39. The zero-order valence-corrected chi connectivity index (χ0v) is 25.2. The zero-order valence-electron chi connectivity index (χ0n) is 25.2. The molecule has 0 atom stereocenters. The third-order valence-electron chi connectivity index (χ3n) is 9.23. The van der Waals surface area contributed by atoms with Crippen molar-refractivity contribution in [2.75, 3.05) is 49.2 Å². The number of halogens is 2. The number of anilines is 3. The maximum absolute atomic E-state index is 15.6. The van der Waals surface area contributed by atoms with E-state index in [1.54, 1.807) is 18.5 Å². The lowest BCUT2D eigenvalue weighted by Crippen LogP contribution is -2.49. The molecule has 2 saturated heterocycles. The summed E-state index contributed by atoms with van der Waals surface area (Å²) in [6.45, 7) is 5.40. The molecule has 46 heavy (non-hydrogen) atoms. The molecule has 0 bridgehead atoms. The Kier molecular flexibility index (Phi) is 7.99. The van der Waals surface area contributed by atoms with Crippen LogP contribution in [0.3, 0.4) is 0 Å². The van der Waals surface area contributed by atoms with Crippen molar-refractivity contribution < 1.29 is 27.8 Å². The van der Waals surface area contributed by atoms with E-state index in [1.165, 1.54) is 41.3 Å². The molecule has 238 valence electrons. The van der Waals surface area contributed by atoms with Gasteiger partial charge in [0.05, 0.1) is 36.3 Å². The lowest BCUT2D eigenvalue weighted by molar-refractivity contribution is -0.133. The van der Waals surface area contributed by atoms with Gasteiger partial charge >= 0.3 is 0 Å². The number of fused-ring (bicyclic) bond motifs is 1. The maximum atomic E-state index is 15.6. The molecule has 12 heteroatoms. The van der Waals surface area contributed by atoms with Crippen molar-refractivity contribution >= 4 is 39.9 Å². The quantitative estimate of drug-likeness (QED) is 0.273. The third-order valence-corrected chi connectivity index (χ3v) is 9.23. The van der Waals surface area contributed by atoms with Gasteiger partial charge in [0, 0.05) is 56.2 Å². The van der Waals surface area contributed by atoms with Gasteiger partial charge in [-0.1, -0.05) is 0 Å². The minimum absolute atomic E-state index is 0.0881. The van der Waals surface area contributed by atoms with Crippen molar-refractivity contribution in [3.63, 3.8) is 0 Å². The number of hydrogen-bond acceptors (Lipinski definition) is 8. The van der Waals surface area contributed by atoms with E-state index in [1.807, 2.05) is 6.07 Å².